The predicted molar refractivity (Wildman–Crippen MR) is 90.4 cm³/mol. The minimum atomic E-state index is -0.324. The molecule has 118 valence electrons. The van der Waals surface area contributed by atoms with Crippen LogP contribution in [-0.2, 0) is 15.9 Å². The molecule has 22 heavy (non-hydrogen) atoms. The van der Waals surface area contributed by atoms with Crippen molar-refractivity contribution in [1.82, 2.24) is 9.55 Å². The maximum atomic E-state index is 6.11. The maximum absolute atomic E-state index is 6.11. The molecule has 0 aliphatic carbocycles. The van der Waals surface area contributed by atoms with Gasteiger partial charge in [-0.05, 0) is 51.7 Å². The second-order valence-corrected chi connectivity index (χ2v) is 7.13. The summed E-state index contributed by atoms with van der Waals surface area (Å²) in [6, 6.07) is 6.30. The summed E-state index contributed by atoms with van der Waals surface area (Å²) < 4.78 is 14.4. The molecule has 5 heteroatoms. The van der Waals surface area contributed by atoms with Crippen molar-refractivity contribution in [1.29, 1.82) is 0 Å². The van der Waals surface area contributed by atoms with Crippen LogP contribution in [0.5, 0.6) is 0 Å². The van der Waals surface area contributed by atoms with Gasteiger partial charge in [0.05, 0.1) is 28.6 Å². The Morgan fingerprint density at radius 2 is 1.82 bits per heavy atom. The monoisotopic (exact) mass is 300 g/mol. The topological polar surface area (TPSA) is 36.3 Å². The standard InChI is InChI=1S/C17H25BN2O2/c1-6-7-10-20-12-19-14-11-13(8-9-15(14)20)18-21-16(2,3)17(4,5)22-18/h8-9,11-12H,6-7,10H2,1-5H3. The molecule has 0 amide bonds. The van der Waals surface area contributed by atoms with Gasteiger partial charge < -0.3 is 13.9 Å². The summed E-state index contributed by atoms with van der Waals surface area (Å²) in [6.45, 7) is 11.5. The number of unbranched alkanes of at least 4 members (excludes halogenated alkanes) is 1. The maximum Gasteiger partial charge on any atom is 0.494 e. The van der Waals surface area contributed by atoms with Gasteiger partial charge >= 0.3 is 7.12 Å². The Balaban J connectivity index is 1.88. The highest BCUT2D eigenvalue weighted by molar-refractivity contribution is 6.62. The number of aryl methyl sites for hydroxylation is 1. The Kier molecular flexibility index (Phi) is 3.81. The predicted octanol–water partition coefficient (Wildman–Crippen LogP) is 3.14. The van der Waals surface area contributed by atoms with E-state index >= 15 is 0 Å². The fraction of sp³-hybridized carbons (Fsp3) is 0.588. The van der Waals surface area contributed by atoms with E-state index in [0.717, 1.165) is 17.5 Å². The zero-order chi connectivity index (χ0) is 16.0. The van der Waals surface area contributed by atoms with Crippen molar-refractivity contribution >= 4 is 23.6 Å². The molecule has 0 N–H and O–H groups in total. The highest BCUT2D eigenvalue weighted by Crippen LogP contribution is 2.36. The lowest BCUT2D eigenvalue weighted by atomic mass is 9.79. The van der Waals surface area contributed by atoms with E-state index in [-0.39, 0.29) is 18.3 Å². The summed E-state index contributed by atoms with van der Waals surface area (Å²) in [5.74, 6) is 0. The van der Waals surface area contributed by atoms with Crippen molar-refractivity contribution in [2.24, 2.45) is 0 Å². The molecule has 1 aliphatic rings. The van der Waals surface area contributed by atoms with E-state index in [2.05, 4.69) is 62.4 Å². The summed E-state index contributed by atoms with van der Waals surface area (Å²) >= 11 is 0. The van der Waals surface area contributed by atoms with E-state index in [1.54, 1.807) is 0 Å². The molecule has 1 saturated heterocycles. The molecule has 3 rings (SSSR count). The van der Waals surface area contributed by atoms with E-state index in [9.17, 15) is 0 Å². The molecular weight excluding hydrogens is 275 g/mol. The fourth-order valence-electron chi connectivity index (χ4n) is 2.71. The summed E-state index contributed by atoms with van der Waals surface area (Å²) in [6.07, 6.45) is 4.28. The molecular formula is C17H25BN2O2. The third kappa shape index (κ3) is 2.57. The fourth-order valence-corrected chi connectivity index (χ4v) is 2.71. The number of rotatable bonds is 4. The van der Waals surface area contributed by atoms with E-state index in [0.29, 0.717) is 0 Å². The van der Waals surface area contributed by atoms with Crippen molar-refractivity contribution < 1.29 is 9.31 Å². The first kappa shape index (κ1) is 15.6. The second kappa shape index (κ2) is 5.39. The van der Waals surface area contributed by atoms with E-state index in [1.807, 2.05) is 6.33 Å². The summed E-state index contributed by atoms with van der Waals surface area (Å²) in [7, 11) is -0.324. The summed E-state index contributed by atoms with van der Waals surface area (Å²) in [5.41, 5.74) is 2.59. The van der Waals surface area contributed by atoms with Crippen LogP contribution in [0.2, 0.25) is 0 Å². The molecule has 1 aliphatic heterocycles. The van der Waals surface area contributed by atoms with Gasteiger partial charge in [0.2, 0.25) is 0 Å². The van der Waals surface area contributed by atoms with Crippen LogP contribution in [0.1, 0.15) is 47.5 Å². The number of hydrogen-bond acceptors (Lipinski definition) is 3. The molecule has 0 saturated carbocycles. The van der Waals surface area contributed by atoms with Gasteiger partial charge in [0, 0.05) is 6.54 Å². The van der Waals surface area contributed by atoms with Crippen LogP contribution < -0.4 is 5.46 Å². The third-order valence-electron chi connectivity index (χ3n) is 4.92. The van der Waals surface area contributed by atoms with E-state index in [1.165, 1.54) is 18.4 Å². The Morgan fingerprint density at radius 3 is 2.45 bits per heavy atom. The Bertz CT molecular complexity index is 662. The second-order valence-electron chi connectivity index (χ2n) is 7.13. The summed E-state index contributed by atoms with van der Waals surface area (Å²) in [5, 5.41) is 0. The molecule has 0 unspecified atom stereocenters. The van der Waals surface area contributed by atoms with Gasteiger partial charge in [-0.3, -0.25) is 0 Å². The number of aromatic nitrogens is 2. The molecule has 1 aromatic heterocycles. The van der Waals surface area contributed by atoms with Gasteiger partial charge in [-0.2, -0.15) is 0 Å². The molecule has 4 nitrogen and oxygen atoms in total. The molecule has 2 heterocycles. The van der Waals surface area contributed by atoms with Gasteiger partial charge in [0.1, 0.15) is 0 Å². The third-order valence-corrected chi connectivity index (χ3v) is 4.92. The van der Waals surface area contributed by atoms with Crippen molar-refractivity contribution in [2.75, 3.05) is 0 Å². The molecule has 1 fully saturated rings. The lowest BCUT2D eigenvalue weighted by molar-refractivity contribution is 0.00578. The van der Waals surface area contributed by atoms with Crippen LogP contribution in [0.3, 0.4) is 0 Å². The Hall–Kier alpha value is -1.33. The zero-order valence-electron chi connectivity index (χ0n) is 14.2. The number of fused-ring (bicyclic) bond motifs is 1. The van der Waals surface area contributed by atoms with Crippen molar-refractivity contribution in [3.63, 3.8) is 0 Å². The van der Waals surface area contributed by atoms with Crippen LogP contribution in [-0.4, -0.2) is 27.9 Å². The van der Waals surface area contributed by atoms with Crippen LogP contribution in [0.4, 0.5) is 0 Å². The zero-order valence-corrected chi connectivity index (χ0v) is 14.2. The quantitative estimate of drug-likeness (QED) is 0.814. The SMILES string of the molecule is CCCCn1cnc2cc(B3OC(C)(C)C(C)(C)O3)ccc21. The molecule has 0 atom stereocenters. The van der Waals surface area contributed by atoms with Gasteiger partial charge in [0.15, 0.2) is 0 Å². The smallest absolute Gasteiger partial charge is 0.399 e. The first-order chi connectivity index (χ1) is 10.3. The Labute approximate surface area is 133 Å². The van der Waals surface area contributed by atoms with Crippen LogP contribution >= 0.6 is 0 Å². The van der Waals surface area contributed by atoms with Crippen LogP contribution in [0.25, 0.3) is 11.0 Å². The average molecular weight is 300 g/mol. The number of benzene rings is 1. The lowest BCUT2D eigenvalue weighted by Crippen LogP contribution is -2.41. The number of hydrogen-bond donors (Lipinski definition) is 0. The van der Waals surface area contributed by atoms with Gasteiger partial charge in [0.25, 0.3) is 0 Å². The Morgan fingerprint density at radius 1 is 1.14 bits per heavy atom. The first-order valence-corrected chi connectivity index (χ1v) is 8.14. The van der Waals surface area contributed by atoms with Gasteiger partial charge in [-0.15, -0.1) is 0 Å². The molecule has 2 aromatic rings. The first-order valence-electron chi connectivity index (χ1n) is 8.14. The largest absolute Gasteiger partial charge is 0.494 e. The highest BCUT2D eigenvalue weighted by Gasteiger charge is 2.51. The molecule has 0 spiro atoms. The molecule has 0 radical (unpaired) electrons. The van der Waals surface area contributed by atoms with Crippen molar-refractivity contribution in [3.05, 3.63) is 24.5 Å². The molecule has 0 bridgehead atoms. The van der Waals surface area contributed by atoms with Gasteiger partial charge in [-0.25, -0.2) is 4.98 Å². The van der Waals surface area contributed by atoms with E-state index < -0.39 is 0 Å². The number of nitrogens with zero attached hydrogens (tertiary/aromatic N) is 2. The molecule has 1 aromatic carbocycles. The highest BCUT2D eigenvalue weighted by atomic mass is 16.7. The number of imidazole rings is 1. The average Bonchev–Trinajstić information content (AvgIpc) is 2.94. The minimum Gasteiger partial charge on any atom is -0.399 e. The minimum absolute atomic E-state index is 0.312. The van der Waals surface area contributed by atoms with E-state index in [4.69, 9.17) is 9.31 Å². The van der Waals surface area contributed by atoms with Gasteiger partial charge in [-0.1, -0.05) is 19.4 Å². The lowest BCUT2D eigenvalue weighted by Gasteiger charge is -2.32. The van der Waals surface area contributed by atoms with Crippen molar-refractivity contribution in [2.45, 2.75) is 65.2 Å². The summed E-state index contributed by atoms with van der Waals surface area (Å²) in [4.78, 5) is 4.53. The normalized spacial score (nSPS) is 20.0. The van der Waals surface area contributed by atoms with Crippen LogP contribution in [0.15, 0.2) is 24.5 Å². The van der Waals surface area contributed by atoms with Crippen LogP contribution in [0, 0.1) is 0 Å². The van der Waals surface area contributed by atoms with Crippen molar-refractivity contribution in [3.8, 4) is 0 Å².